The Labute approximate surface area is 125 Å². The first-order valence-corrected chi connectivity index (χ1v) is 7.65. The Balaban J connectivity index is 1.91. The number of carboxylic acid groups (broad SMARTS) is 1. The summed E-state index contributed by atoms with van der Waals surface area (Å²) >= 11 is 0. The Morgan fingerprint density at radius 3 is 2.71 bits per heavy atom. The molecule has 0 saturated heterocycles. The van der Waals surface area contributed by atoms with E-state index in [1.54, 1.807) is 12.1 Å². The summed E-state index contributed by atoms with van der Waals surface area (Å²) < 4.78 is 1.81. The second-order valence-electron chi connectivity index (χ2n) is 5.89. The van der Waals surface area contributed by atoms with Crippen LogP contribution in [0.5, 0.6) is 0 Å². The summed E-state index contributed by atoms with van der Waals surface area (Å²) in [5.74, 6) is -0.181. The molecule has 0 fully saturated rings. The molecule has 2 rings (SSSR count). The van der Waals surface area contributed by atoms with E-state index in [4.69, 9.17) is 5.11 Å². The van der Waals surface area contributed by atoms with Gasteiger partial charge in [0.1, 0.15) is 5.52 Å². The molecule has 2 aromatic rings. The number of aromatic carboxylic acids is 1. The number of benzene rings is 1. The van der Waals surface area contributed by atoms with Crippen molar-refractivity contribution < 1.29 is 9.90 Å². The van der Waals surface area contributed by atoms with E-state index in [0.717, 1.165) is 24.4 Å². The molecule has 0 aliphatic carbocycles. The van der Waals surface area contributed by atoms with Gasteiger partial charge in [-0.05, 0) is 24.5 Å². The minimum Gasteiger partial charge on any atom is -0.478 e. The number of hydrogen-bond acceptors (Lipinski definition) is 3. The summed E-state index contributed by atoms with van der Waals surface area (Å²) in [5, 5.41) is 17.2. The molecule has 1 aromatic heterocycles. The third-order valence-corrected chi connectivity index (χ3v) is 3.68. The zero-order valence-electron chi connectivity index (χ0n) is 12.7. The number of fused-ring (bicyclic) bond motifs is 1. The first kappa shape index (κ1) is 15.5. The SMILES string of the molecule is CC(C)CCCCCCn1nnc2c(C(=O)O)cccc21. The highest BCUT2D eigenvalue weighted by atomic mass is 16.4. The zero-order valence-corrected chi connectivity index (χ0v) is 12.7. The van der Waals surface area contributed by atoms with E-state index in [1.165, 1.54) is 25.7 Å². The minimum absolute atomic E-state index is 0.218. The maximum absolute atomic E-state index is 11.1. The van der Waals surface area contributed by atoms with Crippen LogP contribution in [-0.2, 0) is 6.54 Å². The lowest BCUT2D eigenvalue weighted by Crippen LogP contribution is -2.01. The summed E-state index contributed by atoms with van der Waals surface area (Å²) in [5.41, 5.74) is 1.50. The van der Waals surface area contributed by atoms with Crippen LogP contribution in [0.4, 0.5) is 0 Å². The summed E-state index contributed by atoms with van der Waals surface area (Å²) in [6.07, 6.45) is 6.03. The van der Waals surface area contributed by atoms with E-state index in [1.807, 2.05) is 10.7 Å². The van der Waals surface area contributed by atoms with Crippen molar-refractivity contribution in [3.05, 3.63) is 23.8 Å². The highest BCUT2D eigenvalue weighted by Gasteiger charge is 2.13. The fourth-order valence-electron chi connectivity index (χ4n) is 2.50. The molecule has 114 valence electrons. The maximum atomic E-state index is 11.1. The minimum atomic E-state index is -0.957. The van der Waals surface area contributed by atoms with Gasteiger partial charge in [-0.25, -0.2) is 9.48 Å². The van der Waals surface area contributed by atoms with E-state index in [0.29, 0.717) is 5.52 Å². The van der Waals surface area contributed by atoms with Crippen molar-refractivity contribution in [3.8, 4) is 0 Å². The molecule has 1 aromatic carbocycles. The highest BCUT2D eigenvalue weighted by Crippen LogP contribution is 2.17. The predicted molar refractivity (Wildman–Crippen MR) is 82.4 cm³/mol. The molecule has 21 heavy (non-hydrogen) atoms. The van der Waals surface area contributed by atoms with Gasteiger partial charge >= 0.3 is 5.97 Å². The molecule has 0 bridgehead atoms. The second kappa shape index (κ2) is 7.20. The first-order chi connectivity index (χ1) is 10.1. The van der Waals surface area contributed by atoms with Crippen LogP contribution in [0.1, 0.15) is 56.3 Å². The molecular weight excluding hydrogens is 266 g/mol. The van der Waals surface area contributed by atoms with Crippen molar-refractivity contribution in [3.63, 3.8) is 0 Å². The molecule has 1 N–H and O–H groups in total. The Morgan fingerprint density at radius 2 is 2.00 bits per heavy atom. The summed E-state index contributed by atoms with van der Waals surface area (Å²) in [4.78, 5) is 11.1. The van der Waals surface area contributed by atoms with Crippen LogP contribution < -0.4 is 0 Å². The molecule has 5 nitrogen and oxygen atoms in total. The Hall–Kier alpha value is -1.91. The number of nitrogens with zero attached hydrogens (tertiary/aromatic N) is 3. The monoisotopic (exact) mass is 289 g/mol. The van der Waals surface area contributed by atoms with Gasteiger partial charge in [0.25, 0.3) is 0 Å². The summed E-state index contributed by atoms with van der Waals surface area (Å²) in [6, 6.07) is 5.18. The molecule has 0 spiro atoms. The molecule has 5 heteroatoms. The largest absolute Gasteiger partial charge is 0.478 e. The van der Waals surface area contributed by atoms with Crippen molar-refractivity contribution >= 4 is 17.0 Å². The average molecular weight is 289 g/mol. The quantitative estimate of drug-likeness (QED) is 0.752. The van der Waals surface area contributed by atoms with Crippen LogP contribution in [0, 0.1) is 5.92 Å². The molecule has 0 unspecified atom stereocenters. The number of rotatable bonds is 8. The van der Waals surface area contributed by atoms with Gasteiger partial charge in [-0.15, -0.1) is 5.10 Å². The van der Waals surface area contributed by atoms with Crippen molar-refractivity contribution in [1.82, 2.24) is 15.0 Å². The molecule has 0 radical (unpaired) electrons. The number of carboxylic acids is 1. The molecule has 0 saturated carbocycles. The number of unbranched alkanes of at least 4 members (excludes halogenated alkanes) is 3. The number of hydrogen-bond donors (Lipinski definition) is 1. The lowest BCUT2D eigenvalue weighted by Gasteiger charge is -2.05. The van der Waals surface area contributed by atoms with Crippen LogP contribution >= 0.6 is 0 Å². The normalized spacial score (nSPS) is 11.4. The lowest BCUT2D eigenvalue weighted by molar-refractivity contribution is 0.0699. The van der Waals surface area contributed by atoms with E-state index >= 15 is 0 Å². The predicted octanol–water partition coefficient (Wildman–Crippen LogP) is 3.74. The molecule has 1 heterocycles. The smallest absolute Gasteiger partial charge is 0.338 e. The highest BCUT2D eigenvalue weighted by molar-refractivity contribution is 6.00. The van der Waals surface area contributed by atoms with Gasteiger partial charge in [-0.1, -0.05) is 50.8 Å². The number of aromatic nitrogens is 3. The third kappa shape index (κ3) is 4.03. The van der Waals surface area contributed by atoms with Gasteiger partial charge in [0.15, 0.2) is 0 Å². The van der Waals surface area contributed by atoms with Crippen molar-refractivity contribution in [2.75, 3.05) is 0 Å². The van der Waals surface area contributed by atoms with Gasteiger partial charge in [-0.2, -0.15) is 0 Å². The van der Waals surface area contributed by atoms with Gasteiger partial charge in [0.05, 0.1) is 11.1 Å². The standard InChI is InChI=1S/C16H23N3O2/c1-12(2)8-5-3-4-6-11-19-14-10-7-9-13(16(20)21)15(14)17-18-19/h7,9-10,12H,3-6,8,11H2,1-2H3,(H,20,21). The molecule has 0 aliphatic heterocycles. The Bertz CT molecular complexity index is 605. The van der Waals surface area contributed by atoms with Gasteiger partial charge in [-0.3, -0.25) is 0 Å². The molecule has 0 amide bonds. The van der Waals surface area contributed by atoms with Crippen LogP contribution in [0.3, 0.4) is 0 Å². The third-order valence-electron chi connectivity index (χ3n) is 3.68. The van der Waals surface area contributed by atoms with Crippen LogP contribution in [-0.4, -0.2) is 26.1 Å². The van der Waals surface area contributed by atoms with E-state index in [9.17, 15) is 4.79 Å². The van der Waals surface area contributed by atoms with E-state index in [2.05, 4.69) is 24.2 Å². The van der Waals surface area contributed by atoms with Crippen LogP contribution in [0.15, 0.2) is 18.2 Å². The first-order valence-electron chi connectivity index (χ1n) is 7.65. The molecule has 0 atom stereocenters. The average Bonchev–Trinajstić information content (AvgIpc) is 2.85. The topological polar surface area (TPSA) is 68.0 Å². The number of aryl methyl sites for hydroxylation is 1. The summed E-state index contributed by atoms with van der Waals surface area (Å²) in [6.45, 7) is 5.30. The fraction of sp³-hybridized carbons (Fsp3) is 0.562. The maximum Gasteiger partial charge on any atom is 0.338 e. The molecular formula is C16H23N3O2. The number of carbonyl (C=O) groups is 1. The Morgan fingerprint density at radius 1 is 1.24 bits per heavy atom. The fourth-order valence-corrected chi connectivity index (χ4v) is 2.50. The van der Waals surface area contributed by atoms with Crippen molar-refractivity contribution in [2.45, 2.75) is 52.5 Å². The zero-order chi connectivity index (χ0) is 15.2. The van der Waals surface area contributed by atoms with Gasteiger partial charge in [0.2, 0.25) is 0 Å². The van der Waals surface area contributed by atoms with Crippen LogP contribution in [0.25, 0.3) is 11.0 Å². The lowest BCUT2D eigenvalue weighted by atomic mass is 10.0. The summed E-state index contributed by atoms with van der Waals surface area (Å²) in [7, 11) is 0. The van der Waals surface area contributed by atoms with Crippen LogP contribution in [0.2, 0.25) is 0 Å². The van der Waals surface area contributed by atoms with Crippen molar-refractivity contribution in [2.24, 2.45) is 5.92 Å². The van der Waals surface area contributed by atoms with Gasteiger partial charge in [0, 0.05) is 6.54 Å². The van der Waals surface area contributed by atoms with E-state index < -0.39 is 5.97 Å². The van der Waals surface area contributed by atoms with E-state index in [-0.39, 0.29) is 5.56 Å². The van der Waals surface area contributed by atoms with Crippen molar-refractivity contribution in [1.29, 1.82) is 0 Å². The Kier molecular flexibility index (Phi) is 5.31. The molecule has 0 aliphatic rings. The second-order valence-corrected chi connectivity index (χ2v) is 5.89. The van der Waals surface area contributed by atoms with Gasteiger partial charge < -0.3 is 5.11 Å².